The Morgan fingerprint density at radius 2 is 2.11 bits per heavy atom. The van der Waals surface area contributed by atoms with Crippen molar-refractivity contribution < 1.29 is 13.9 Å². The molecule has 0 saturated heterocycles. The first kappa shape index (κ1) is 14.4. The Hall–Kier alpha value is -1.00. The summed E-state index contributed by atoms with van der Waals surface area (Å²) in [4.78, 5) is 2.19. The number of unbranched alkanes of at least 4 members (excludes halogenated alkanes) is 1. The highest BCUT2D eigenvalue weighted by Gasteiger charge is 2.30. The van der Waals surface area contributed by atoms with Gasteiger partial charge in [0, 0.05) is 18.2 Å². The molecule has 1 unspecified atom stereocenters. The van der Waals surface area contributed by atoms with Crippen LogP contribution >= 0.6 is 0 Å². The molecular formula is C15H21F2NO. The molecule has 0 bridgehead atoms. The molecule has 4 heteroatoms. The van der Waals surface area contributed by atoms with Gasteiger partial charge >= 0.3 is 0 Å². The molecule has 1 atom stereocenters. The Labute approximate surface area is 113 Å². The summed E-state index contributed by atoms with van der Waals surface area (Å²) in [5.41, 5.74) is 0.0575. The molecule has 0 heterocycles. The fourth-order valence-corrected chi connectivity index (χ4v) is 2.32. The predicted molar refractivity (Wildman–Crippen MR) is 70.8 cm³/mol. The van der Waals surface area contributed by atoms with Gasteiger partial charge < -0.3 is 5.11 Å². The van der Waals surface area contributed by atoms with E-state index in [4.69, 9.17) is 0 Å². The Morgan fingerprint density at radius 1 is 1.37 bits per heavy atom. The number of hydrogen-bond acceptors (Lipinski definition) is 2. The fraction of sp³-hybridized carbons (Fsp3) is 0.600. The van der Waals surface area contributed by atoms with E-state index in [0.29, 0.717) is 12.6 Å². The summed E-state index contributed by atoms with van der Waals surface area (Å²) < 4.78 is 26.8. The summed E-state index contributed by atoms with van der Waals surface area (Å²) in [7, 11) is 0. The van der Waals surface area contributed by atoms with E-state index < -0.39 is 17.7 Å². The lowest BCUT2D eigenvalue weighted by atomic mass is 10.1. The van der Waals surface area contributed by atoms with E-state index in [-0.39, 0.29) is 5.56 Å². The number of halogens is 2. The maximum atomic E-state index is 13.6. The molecule has 19 heavy (non-hydrogen) atoms. The molecule has 0 aromatic heterocycles. The first-order chi connectivity index (χ1) is 9.13. The third-order valence-corrected chi connectivity index (χ3v) is 3.61. The maximum Gasteiger partial charge on any atom is 0.164 e. The minimum absolute atomic E-state index is 0.0575. The van der Waals surface area contributed by atoms with Gasteiger partial charge in [0.2, 0.25) is 0 Å². The number of nitrogens with zero attached hydrogens (tertiary/aromatic N) is 1. The molecule has 0 amide bonds. The zero-order chi connectivity index (χ0) is 13.8. The molecule has 1 aromatic carbocycles. The molecule has 1 N–H and O–H groups in total. The van der Waals surface area contributed by atoms with Gasteiger partial charge in [-0.25, -0.2) is 8.78 Å². The lowest BCUT2D eigenvalue weighted by Gasteiger charge is -2.25. The second kappa shape index (κ2) is 6.44. The van der Waals surface area contributed by atoms with Crippen LogP contribution in [0.5, 0.6) is 0 Å². The van der Waals surface area contributed by atoms with Gasteiger partial charge in [-0.3, -0.25) is 4.90 Å². The van der Waals surface area contributed by atoms with Crippen molar-refractivity contribution in [3.8, 4) is 0 Å². The Bertz CT molecular complexity index is 421. The van der Waals surface area contributed by atoms with E-state index in [1.807, 2.05) is 0 Å². The summed E-state index contributed by atoms with van der Waals surface area (Å²) >= 11 is 0. The van der Waals surface area contributed by atoms with E-state index in [1.54, 1.807) is 0 Å². The van der Waals surface area contributed by atoms with Crippen molar-refractivity contribution in [3.63, 3.8) is 0 Å². The quantitative estimate of drug-likeness (QED) is 0.821. The Kier molecular flexibility index (Phi) is 4.88. The van der Waals surface area contributed by atoms with Crippen LogP contribution in [0.15, 0.2) is 18.2 Å². The van der Waals surface area contributed by atoms with Crippen LogP contribution in [0.25, 0.3) is 0 Å². The molecule has 1 aliphatic rings. The minimum Gasteiger partial charge on any atom is -0.387 e. The zero-order valence-electron chi connectivity index (χ0n) is 11.3. The van der Waals surface area contributed by atoms with Crippen LogP contribution in [-0.2, 0) is 0 Å². The van der Waals surface area contributed by atoms with Gasteiger partial charge in [-0.15, -0.1) is 0 Å². The van der Waals surface area contributed by atoms with Gasteiger partial charge in [0.1, 0.15) is 0 Å². The molecular weight excluding hydrogens is 248 g/mol. The number of hydrogen-bond donors (Lipinski definition) is 1. The van der Waals surface area contributed by atoms with Crippen LogP contribution in [-0.4, -0.2) is 29.1 Å². The van der Waals surface area contributed by atoms with E-state index >= 15 is 0 Å². The predicted octanol–water partition coefficient (Wildman–Crippen LogP) is 3.26. The number of rotatable bonds is 7. The molecule has 0 radical (unpaired) electrons. The van der Waals surface area contributed by atoms with Gasteiger partial charge in [0.05, 0.1) is 6.10 Å². The molecule has 0 spiro atoms. The monoisotopic (exact) mass is 269 g/mol. The van der Waals surface area contributed by atoms with Crippen molar-refractivity contribution in [2.75, 3.05) is 13.1 Å². The van der Waals surface area contributed by atoms with Gasteiger partial charge in [-0.05, 0) is 31.9 Å². The summed E-state index contributed by atoms with van der Waals surface area (Å²) in [5.74, 6) is -1.83. The van der Waals surface area contributed by atoms with Crippen LogP contribution in [0.4, 0.5) is 8.78 Å². The van der Waals surface area contributed by atoms with E-state index in [2.05, 4.69) is 11.8 Å². The van der Waals surface area contributed by atoms with Crippen molar-refractivity contribution in [1.29, 1.82) is 0 Å². The first-order valence-corrected chi connectivity index (χ1v) is 6.99. The standard InChI is InChI=1S/C15H21F2NO/c1-2-3-9-18(11-7-8-11)10-14(19)12-5-4-6-13(16)15(12)17/h4-6,11,14,19H,2-3,7-10H2,1H3. The first-order valence-electron chi connectivity index (χ1n) is 6.99. The van der Waals surface area contributed by atoms with E-state index in [0.717, 1.165) is 38.3 Å². The maximum absolute atomic E-state index is 13.6. The van der Waals surface area contributed by atoms with Gasteiger partial charge in [0.15, 0.2) is 11.6 Å². The highest BCUT2D eigenvalue weighted by Crippen LogP contribution is 2.29. The van der Waals surface area contributed by atoms with Crippen molar-refractivity contribution in [1.82, 2.24) is 4.90 Å². The molecule has 1 aromatic rings. The fourth-order valence-electron chi connectivity index (χ4n) is 2.32. The van der Waals surface area contributed by atoms with Crippen molar-refractivity contribution in [2.24, 2.45) is 0 Å². The second-order valence-corrected chi connectivity index (χ2v) is 5.24. The zero-order valence-corrected chi connectivity index (χ0v) is 11.3. The topological polar surface area (TPSA) is 23.5 Å². The molecule has 1 saturated carbocycles. The van der Waals surface area contributed by atoms with Gasteiger partial charge in [-0.2, -0.15) is 0 Å². The highest BCUT2D eigenvalue weighted by atomic mass is 19.2. The van der Waals surface area contributed by atoms with Crippen molar-refractivity contribution in [2.45, 2.75) is 44.8 Å². The van der Waals surface area contributed by atoms with Gasteiger partial charge in [-0.1, -0.05) is 25.5 Å². The third kappa shape index (κ3) is 3.74. The van der Waals surface area contributed by atoms with Crippen molar-refractivity contribution in [3.05, 3.63) is 35.4 Å². The minimum atomic E-state index is -0.965. The number of benzene rings is 1. The lowest BCUT2D eigenvalue weighted by Crippen LogP contribution is -2.32. The average Bonchev–Trinajstić information content (AvgIpc) is 3.21. The Balaban J connectivity index is 2.01. The third-order valence-electron chi connectivity index (χ3n) is 3.61. The van der Waals surface area contributed by atoms with Crippen LogP contribution in [0.3, 0.4) is 0 Å². The van der Waals surface area contributed by atoms with Crippen molar-refractivity contribution >= 4 is 0 Å². The average molecular weight is 269 g/mol. The van der Waals surface area contributed by atoms with Crippen LogP contribution < -0.4 is 0 Å². The van der Waals surface area contributed by atoms with Crippen LogP contribution in [0.1, 0.15) is 44.3 Å². The van der Waals surface area contributed by atoms with Gasteiger partial charge in [0.25, 0.3) is 0 Å². The SMILES string of the molecule is CCCCN(CC(O)c1cccc(F)c1F)C1CC1. The molecule has 106 valence electrons. The van der Waals surface area contributed by atoms with E-state index in [9.17, 15) is 13.9 Å². The number of aliphatic hydroxyl groups excluding tert-OH is 1. The normalized spacial score (nSPS) is 16.9. The van der Waals surface area contributed by atoms with E-state index in [1.165, 1.54) is 12.1 Å². The molecule has 2 rings (SSSR count). The summed E-state index contributed by atoms with van der Waals surface area (Å²) in [6.07, 6.45) is 3.47. The molecule has 1 aliphatic carbocycles. The van der Waals surface area contributed by atoms with Crippen LogP contribution in [0.2, 0.25) is 0 Å². The van der Waals surface area contributed by atoms with Crippen LogP contribution in [0, 0.1) is 11.6 Å². The smallest absolute Gasteiger partial charge is 0.164 e. The second-order valence-electron chi connectivity index (χ2n) is 5.24. The summed E-state index contributed by atoms with van der Waals surface area (Å²) in [6.45, 7) is 3.41. The number of aliphatic hydroxyl groups is 1. The lowest BCUT2D eigenvalue weighted by molar-refractivity contribution is 0.104. The Morgan fingerprint density at radius 3 is 2.74 bits per heavy atom. The molecule has 0 aliphatic heterocycles. The highest BCUT2D eigenvalue weighted by molar-refractivity contribution is 5.21. The largest absolute Gasteiger partial charge is 0.387 e. The molecule has 1 fully saturated rings. The molecule has 2 nitrogen and oxygen atoms in total. The summed E-state index contributed by atoms with van der Waals surface area (Å²) in [6, 6.07) is 4.47. The summed E-state index contributed by atoms with van der Waals surface area (Å²) in [5, 5.41) is 10.1.